The zero-order valence-electron chi connectivity index (χ0n) is 15.7. The van der Waals surface area contributed by atoms with Crippen molar-refractivity contribution in [2.24, 2.45) is 0 Å². The molecule has 0 atom stereocenters. The molecule has 140 valence electrons. The zero-order chi connectivity index (χ0) is 18.5. The number of fused-ring (bicyclic) bond motifs is 3. The molecule has 26 heavy (non-hydrogen) atoms. The molecule has 0 unspecified atom stereocenters. The van der Waals surface area contributed by atoms with E-state index in [1.54, 1.807) is 11.8 Å². The average molecular weight is 376 g/mol. The van der Waals surface area contributed by atoms with Gasteiger partial charge in [0.2, 0.25) is 5.16 Å². The molecule has 0 bridgehead atoms. The molecular weight excluding hydrogens is 349 g/mol. The summed E-state index contributed by atoms with van der Waals surface area (Å²) in [5, 5.41) is 10.1. The second-order valence-electron chi connectivity index (χ2n) is 6.31. The third kappa shape index (κ3) is 3.99. The third-order valence-electron chi connectivity index (χ3n) is 4.68. The molecule has 0 saturated carbocycles. The van der Waals surface area contributed by atoms with Gasteiger partial charge >= 0.3 is 0 Å². The highest BCUT2D eigenvalue weighted by atomic mass is 32.2. The van der Waals surface area contributed by atoms with Crippen LogP contribution in [0.3, 0.4) is 0 Å². The topological polar surface area (TPSA) is 46.8 Å². The van der Waals surface area contributed by atoms with Crippen molar-refractivity contribution in [3.8, 4) is 0 Å². The van der Waals surface area contributed by atoms with E-state index < -0.39 is 0 Å². The summed E-state index contributed by atoms with van der Waals surface area (Å²) in [6.07, 6.45) is 2.14. The van der Waals surface area contributed by atoms with Gasteiger partial charge in [-0.25, -0.2) is 9.37 Å². The van der Waals surface area contributed by atoms with Crippen LogP contribution in [0.2, 0.25) is 0 Å². The number of aromatic nitrogens is 4. The molecule has 0 radical (unpaired) electrons. The number of thioether (sulfide) groups is 1. The van der Waals surface area contributed by atoms with Crippen LogP contribution in [-0.4, -0.2) is 50.0 Å². The first-order valence-corrected chi connectivity index (χ1v) is 10.3. The fraction of sp³-hybridized carbons (Fsp3) is 0.526. The van der Waals surface area contributed by atoms with Crippen LogP contribution in [0, 0.1) is 5.82 Å². The predicted octanol–water partition coefficient (Wildman–Crippen LogP) is 4.35. The molecule has 7 heteroatoms. The molecule has 1 aromatic carbocycles. The fourth-order valence-corrected chi connectivity index (χ4v) is 3.90. The van der Waals surface area contributed by atoms with Crippen LogP contribution in [0.4, 0.5) is 4.39 Å². The average Bonchev–Trinajstić information content (AvgIpc) is 2.96. The lowest BCUT2D eigenvalue weighted by Crippen LogP contribution is -2.25. The Morgan fingerprint density at radius 2 is 1.96 bits per heavy atom. The number of halogens is 1. The van der Waals surface area contributed by atoms with Crippen LogP contribution >= 0.6 is 11.8 Å². The Morgan fingerprint density at radius 1 is 1.15 bits per heavy atom. The van der Waals surface area contributed by atoms with Crippen LogP contribution in [0.5, 0.6) is 0 Å². The molecule has 5 nitrogen and oxygen atoms in total. The Kier molecular flexibility index (Phi) is 6.43. The predicted molar refractivity (Wildman–Crippen MR) is 106 cm³/mol. The van der Waals surface area contributed by atoms with E-state index in [1.165, 1.54) is 12.1 Å². The first-order chi connectivity index (χ1) is 12.7. The standard InChI is InChI=1S/C19H26FN5S/c1-4-7-10-25-16-9-8-14(20)13-15(16)17-18(25)21-19(23-22-17)26-12-11-24(5-2)6-3/h8-9,13H,4-7,10-12H2,1-3H3. The Balaban J connectivity index is 1.93. The maximum atomic E-state index is 13.7. The molecule has 0 amide bonds. The van der Waals surface area contributed by atoms with Crippen molar-refractivity contribution in [1.29, 1.82) is 0 Å². The first-order valence-electron chi connectivity index (χ1n) is 9.35. The summed E-state index contributed by atoms with van der Waals surface area (Å²) in [7, 11) is 0. The van der Waals surface area contributed by atoms with Gasteiger partial charge < -0.3 is 9.47 Å². The van der Waals surface area contributed by atoms with Crippen molar-refractivity contribution in [3.05, 3.63) is 24.0 Å². The largest absolute Gasteiger partial charge is 0.324 e. The summed E-state index contributed by atoms with van der Waals surface area (Å²) in [4.78, 5) is 7.13. The van der Waals surface area contributed by atoms with Gasteiger partial charge in [0, 0.05) is 24.2 Å². The molecule has 2 heterocycles. The Labute approximate surface area is 158 Å². The number of hydrogen-bond donors (Lipinski definition) is 0. The molecular formula is C19H26FN5S. The lowest BCUT2D eigenvalue weighted by Gasteiger charge is -2.16. The summed E-state index contributed by atoms with van der Waals surface area (Å²) < 4.78 is 15.9. The molecule has 0 spiro atoms. The van der Waals surface area contributed by atoms with Gasteiger partial charge in [0.1, 0.15) is 11.3 Å². The van der Waals surface area contributed by atoms with Crippen molar-refractivity contribution in [3.63, 3.8) is 0 Å². The van der Waals surface area contributed by atoms with Gasteiger partial charge in [0.05, 0.1) is 5.52 Å². The summed E-state index contributed by atoms with van der Waals surface area (Å²) in [5.41, 5.74) is 2.46. The Bertz CT molecular complexity index is 875. The molecule has 0 N–H and O–H groups in total. The van der Waals surface area contributed by atoms with E-state index in [0.29, 0.717) is 10.7 Å². The quantitative estimate of drug-likeness (QED) is 0.520. The molecule has 3 rings (SSSR count). The van der Waals surface area contributed by atoms with Gasteiger partial charge in [-0.05, 0) is 37.7 Å². The van der Waals surface area contributed by atoms with E-state index in [2.05, 4.69) is 40.4 Å². The van der Waals surface area contributed by atoms with Crippen LogP contribution in [-0.2, 0) is 6.54 Å². The van der Waals surface area contributed by atoms with Crippen LogP contribution in [0.1, 0.15) is 33.6 Å². The van der Waals surface area contributed by atoms with Crippen LogP contribution < -0.4 is 0 Å². The van der Waals surface area contributed by atoms with Crippen molar-refractivity contribution in [1.82, 2.24) is 24.6 Å². The highest BCUT2D eigenvalue weighted by Gasteiger charge is 2.15. The van der Waals surface area contributed by atoms with Crippen LogP contribution in [0.25, 0.3) is 22.1 Å². The maximum absolute atomic E-state index is 13.7. The van der Waals surface area contributed by atoms with Gasteiger partial charge in [-0.1, -0.05) is 39.0 Å². The number of hydrogen-bond acceptors (Lipinski definition) is 5. The Morgan fingerprint density at radius 3 is 2.69 bits per heavy atom. The second kappa shape index (κ2) is 8.77. The van der Waals surface area contributed by atoms with Crippen molar-refractivity contribution < 1.29 is 4.39 Å². The summed E-state index contributed by atoms with van der Waals surface area (Å²) >= 11 is 1.63. The minimum absolute atomic E-state index is 0.258. The van der Waals surface area contributed by atoms with Crippen LogP contribution in [0.15, 0.2) is 23.4 Å². The van der Waals surface area contributed by atoms with Gasteiger partial charge in [-0.2, -0.15) is 0 Å². The van der Waals surface area contributed by atoms with Crippen molar-refractivity contribution >= 4 is 33.8 Å². The molecule has 0 fully saturated rings. The van der Waals surface area contributed by atoms with E-state index in [1.807, 2.05) is 6.07 Å². The van der Waals surface area contributed by atoms with Gasteiger partial charge in [0.25, 0.3) is 0 Å². The van der Waals surface area contributed by atoms with Crippen molar-refractivity contribution in [2.75, 3.05) is 25.4 Å². The van der Waals surface area contributed by atoms with E-state index in [-0.39, 0.29) is 5.82 Å². The first kappa shape index (κ1) is 19.0. The zero-order valence-corrected chi connectivity index (χ0v) is 16.5. The van der Waals surface area contributed by atoms with E-state index in [9.17, 15) is 4.39 Å². The second-order valence-corrected chi connectivity index (χ2v) is 7.37. The highest BCUT2D eigenvalue weighted by Crippen LogP contribution is 2.28. The summed E-state index contributed by atoms with van der Waals surface area (Å²) in [6.45, 7) is 10.5. The summed E-state index contributed by atoms with van der Waals surface area (Å²) in [6, 6.07) is 4.84. The van der Waals surface area contributed by atoms with E-state index in [0.717, 1.165) is 61.3 Å². The SMILES string of the molecule is CCCCn1c2ccc(F)cc2c2nnc(SCCN(CC)CC)nc21. The molecule has 2 aromatic heterocycles. The highest BCUT2D eigenvalue weighted by molar-refractivity contribution is 7.99. The lowest BCUT2D eigenvalue weighted by molar-refractivity contribution is 0.324. The lowest BCUT2D eigenvalue weighted by atomic mass is 10.2. The Hall–Kier alpha value is -1.73. The molecule has 0 aliphatic carbocycles. The van der Waals surface area contributed by atoms with Crippen molar-refractivity contribution in [2.45, 2.75) is 45.3 Å². The normalized spacial score (nSPS) is 11.9. The van der Waals surface area contributed by atoms with Gasteiger partial charge in [0.15, 0.2) is 5.65 Å². The number of nitrogens with zero attached hydrogens (tertiary/aromatic N) is 5. The van der Waals surface area contributed by atoms with Gasteiger partial charge in [-0.3, -0.25) is 0 Å². The number of rotatable bonds is 9. The summed E-state index contributed by atoms with van der Waals surface area (Å²) in [5.74, 6) is 0.671. The number of aryl methyl sites for hydroxylation is 1. The monoisotopic (exact) mass is 375 g/mol. The molecule has 3 aromatic rings. The molecule has 0 aliphatic heterocycles. The number of benzene rings is 1. The smallest absolute Gasteiger partial charge is 0.211 e. The van der Waals surface area contributed by atoms with E-state index in [4.69, 9.17) is 4.98 Å². The minimum atomic E-state index is -0.258. The maximum Gasteiger partial charge on any atom is 0.211 e. The van der Waals surface area contributed by atoms with Gasteiger partial charge in [-0.15, -0.1) is 10.2 Å². The molecule has 0 aliphatic rings. The minimum Gasteiger partial charge on any atom is -0.324 e. The number of unbranched alkanes of at least 4 members (excludes halogenated alkanes) is 1. The fourth-order valence-electron chi connectivity index (χ4n) is 3.12. The third-order valence-corrected chi connectivity index (χ3v) is 5.50. The molecule has 0 saturated heterocycles. The van der Waals surface area contributed by atoms with E-state index >= 15 is 0 Å².